The van der Waals surface area contributed by atoms with Crippen molar-refractivity contribution in [3.63, 3.8) is 0 Å². The number of hydrogen-bond donors (Lipinski definition) is 2. The van der Waals surface area contributed by atoms with Crippen LogP contribution in [0.1, 0.15) is 35.6 Å². The van der Waals surface area contributed by atoms with Crippen molar-refractivity contribution < 1.29 is 9.21 Å². The summed E-state index contributed by atoms with van der Waals surface area (Å²) in [6.45, 7) is 0. The van der Waals surface area contributed by atoms with Crippen molar-refractivity contribution in [1.29, 1.82) is 0 Å². The van der Waals surface area contributed by atoms with Gasteiger partial charge in [0, 0.05) is 6.08 Å². The quantitative estimate of drug-likeness (QED) is 0.722. The highest BCUT2D eigenvalue weighted by atomic mass is 16.4. The molecule has 0 saturated carbocycles. The van der Waals surface area contributed by atoms with Crippen molar-refractivity contribution >= 4 is 23.1 Å². The average molecular weight is 334 g/mol. The SMILES string of the molecule is O=C(/C=C/c1ccc2oc(=O)[nH]c2c1)NC1CCCc2ccccc21. The van der Waals surface area contributed by atoms with E-state index in [0.29, 0.717) is 11.1 Å². The van der Waals surface area contributed by atoms with Crippen LogP contribution in [-0.4, -0.2) is 10.9 Å². The van der Waals surface area contributed by atoms with Crippen LogP contribution in [0.4, 0.5) is 0 Å². The van der Waals surface area contributed by atoms with Gasteiger partial charge >= 0.3 is 5.76 Å². The molecule has 1 unspecified atom stereocenters. The molecule has 1 atom stereocenters. The smallest absolute Gasteiger partial charge is 0.408 e. The predicted octanol–water partition coefficient (Wildman–Crippen LogP) is 3.33. The molecule has 126 valence electrons. The van der Waals surface area contributed by atoms with Gasteiger partial charge in [0.2, 0.25) is 5.91 Å². The third-order valence-corrected chi connectivity index (χ3v) is 4.56. The monoisotopic (exact) mass is 334 g/mol. The Bertz CT molecular complexity index is 1010. The maximum atomic E-state index is 12.3. The Morgan fingerprint density at radius 3 is 3.04 bits per heavy atom. The average Bonchev–Trinajstić information content (AvgIpc) is 2.99. The highest BCUT2D eigenvalue weighted by molar-refractivity contribution is 5.92. The van der Waals surface area contributed by atoms with Gasteiger partial charge in [-0.3, -0.25) is 9.78 Å². The van der Waals surface area contributed by atoms with E-state index in [1.54, 1.807) is 24.3 Å². The minimum absolute atomic E-state index is 0.0646. The number of amides is 1. The van der Waals surface area contributed by atoms with Crippen LogP contribution in [0.15, 0.2) is 57.8 Å². The molecule has 0 radical (unpaired) electrons. The minimum atomic E-state index is -0.482. The number of aromatic nitrogens is 1. The molecule has 0 spiro atoms. The number of benzene rings is 2. The summed E-state index contributed by atoms with van der Waals surface area (Å²) in [5, 5.41) is 3.08. The Kier molecular flexibility index (Phi) is 3.98. The van der Waals surface area contributed by atoms with Gasteiger partial charge < -0.3 is 9.73 Å². The maximum absolute atomic E-state index is 12.3. The van der Waals surface area contributed by atoms with Crippen molar-refractivity contribution in [2.45, 2.75) is 25.3 Å². The zero-order valence-corrected chi connectivity index (χ0v) is 13.6. The lowest BCUT2D eigenvalue weighted by molar-refractivity contribution is -0.117. The van der Waals surface area contributed by atoms with Gasteiger partial charge in [-0.15, -0.1) is 0 Å². The first kappa shape index (κ1) is 15.4. The molecule has 1 heterocycles. The molecule has 0 bridgehead atoms. The van der Waals surface area contributed by atoms with Crippen molar-refractivity contribution in [3.05, 3.63) is 75.8 Å². The summed E-state index contributed by atoms with van der Waals surface area (Å²) in [6, 6.07) is 13.6. The van der Waals surface area contributed by atoms with E-state index in [9.17, 15) is 9.59 Å². The highest BCUT2D eigenvalue weighted by Crippen LogP contribution is 2.29. The number of carbonyl (C=O) groups excluding carboxylic acids is 1. The lowest BCUT2D eigenvalue weighted by atomic mass is 9.88. The zero-order chi connectivity index (χ0) is 17.2. The number of oxazole rings is 1. The number of fused-ring (bicyclic) bond motifs is 2. The summed E-state index contributed by atoms with van der Waals surface area (Å²) in [5.41, 5.74) is 4.48. The third-order valence-electron chi connectivity index (χ3n) is 4.56. The lowest BCUT2D eigenvalue weighted by Gasteiger charge is -2.25. The number of nitrogens with one attached hydrogen (secondary N) is 2. The Hall–Kier alpha value is -3.08. The van der Waals surface area contributed by atoms with E-state index in [4.69, 9.17) is 4.42 Å². The number of aryl methyl sites for hydroxylation is 1. The predicted molar refractivity (Wildman–Crippen MR) is 96.1 cm³/mol. The molecule has 1 amide bonds. The van der Waals surface area contributed by atoms with Crippen LogP contribution >= 0.6 is 0 Å². The summed E-state index contributed by atoms with van der Waals surface area (Å²) in [6.07, 6.45) is 6.36. The Morgan fingerprint density at radius 2 is 2.12 bits per heavy atom. The molecular formula is C20H18N2O3. The molecule has 25 heavy (non-hydrogen) atoms. The number of H-pyrrole nitrogens is 1. The molecule has 1 aliphatic carbocycles. The van der Waals surface area contributed by atoms with Gasteiger partial charge in [-0.25, -0.2) is 4.79 Å². The molecule has 1 aromatic heterocycles. The van der Waals surface area contributed by atoms with Gasteiger partial charge in [0.1, 0.15) is 0 Å². The summed E-state index contributed by atoms with van der Waals surface area (Å²) in [5.74, 6) is -0.604. The second kappa shape index (κ2) is 6.43. The second-order valence-electron chi connectivity index (χ2n) is 6.26. The zero-order valence-electron chi connectivity index (χ0n) is 13.6. The van der Waals surface area contributed by atoms with Gasteiger partial charge in [0.05, 0.1) is 11.6 Å². The number of aromatic amines is 1. The standard InChI is InChI=1S/C20H18N2O3/c23-19(21-16-7-3-5-14-4-1-2-6-15(14)16)11-9-13-8-10-18-17(12-13)22-20(24)25-18/h1-2,4,6,8-12,16H,3,5,7H2,(H,21,23)(H,22,24)/b11-9+. The van der Waals surface area contributed by atoms with Crippen LogP contribution in [0.5, 0.6) is 0 Å². The Balaban J connectivity index is 1.48. The van der Waals surface area contributed by atoms with E-state index in [1.807, 2.05) is 12.1 Å². The van der Waals surface area contributed by atoms with Crippen molar-refractivity contribution in [2.75, 3.05) is 0 Å². The van der Waals surface area contributed by atoms with Gasteiger partial charge in [-0.05, 0) is 54.2 Å². The molecule has 2 aromatic carbocycles. The minimum Gasteiger partial charge on any atom is -0.408 e. The maximum Gasteiger partial charge on any atom is 0.417 e. The Labute approximate surface area is 144 Å². The largest absolute Gasteiger partial charge is 0.417 e. The first-order valence-electron chi connectivity index (χ1n) is 8.38. The van der Waals surface area contributed by atoms with E-state index in [0.717, 1.165) is 24.8 Å². The van der Waals surface area contributed by atoms with Crippen molar-refractivity contribution in [3.8, 4) is 0 Å². The molecule has 0 fully saturated rings. The van der Waals surface area contributed by atoms with E-state index < -0.39 is 5.76 Å². The topological polar surface area (TPSA) is 75.1 Å². The van der Waals surface area contributed by atoms with Crippen molar-refractivity contribution in [1.82, 2.24) is 10.3 Å². The number of rotatable bonds is 3. The highest BCUT2D eigenvalue weighted by Gasteiger charge is 2.20. The van der Waals surface area contributed by atoms with Crippen LogP contribution in [0.3, 0.4) is 0 Å². The summed E-state index contributed by atoms with van der Waals surface area (Å²) in [7, 11) is 0. The summed E-state index contributed by atoms with van der Waals surface area (Å²) >= 11 is 0. The third kappa shape index (κ3) is 3.26. The normalized spacial score (nSPS) is 16.9. The fourth-order valence-electron chi connectivity index (χ4n) is 3.37. The van der Waals surface area contributed by atoms with Crippen LogP contribution in [0.2, 0.25) is 0 Å². The summed E-state index contributed by atoms with van der Waals surface area (Å²) < 4.78 is 4.97. The molecule has 5 nitrogen and oxygen atoms in total. The molecule has 4 rings (SSSR count). The fourth-order valence-corrected chi connectivity index (χ4v) is 3.37. The molecule has 5 heteroatoms. The van der Waals surface area contributed by atoms with Crippen LogP contribution in [0.25, 0.3) is 17.2 Å². The van der Waals surface area contributed by atoms with E-state index in [2.05, 4.69) is 22.4 Å². The summed E-state index contributed by atoms with van der Waals surface area (Å²) in [4.78, 5) is 26.1. The van der Waals surface area contributed by atoms with Crippen LogP contribution in [0, 0.1) is 0 Å². The van der Waals surface area contributed by atoms with E-state index in [-0.39, 0.29) is 11.9 Å². The van der Waals surface area contributed by atoms with E-state index >= 15 is 0 Å². The first-order valence-corrected chi connectivity index (χ1v) is 8.38. The van der Waals surface area contributed by atoms with Gasteiger partial charge in [0.15, 0.2) is 5.58 Å². The second-order valence-corrected chi connectivity index (χ2v) is 6.26. The number of hydrogen-bond acceptors (Lipinski definition) is 3. The molecule has 1 aliphatic rings. The van der Waals surface area contributed by atoms with E-state index in [1.165, 1.54) is 17.2 Å². The number of carbonyl (C=O) groups is 1. The van der Waals surface area contributed by atoms with Crippen molar-refractivity contribution in [2.24, 2.45) is 0 Å². The molecule has 2 N–H and O–H groups in total. The van der Waals surface area contributed by atoms with Gasteiger partial charge in [0.25, 0.3) is 0 Å². The lowest BCUT2D eigenvalue weighted by Crippen LogP contribution is -2.29. The Morgan fingerprint density at radius 1 is 1.24 bits per heavy atom. The molecule has 0 aliphatic heterocycles. The van der Waals surface area contributed by atoms with Crippen LogP contribution in [-0.2, 0) is 11.2 Å². The fraction of sp³-hybridized carbons (Fsp3) is 0.200. The molecule has 3 aromatic rings. The molecular weight excluding hydrogens is 316 g/mol. The molecule has 0 saturated heterocycles. The van der Waals surface area contributed by atoms with Crippen LogP contribution < -0.4 is 11.1 Å². The van der Waals surface area contributed by atoms with Gasteiger partial charge in [-0.1, -0.05) is 30.3 Å². The van der Waals surface area contributed by atoms with Gasteiger partial charge in [-0.2, -0.15) is 0 Å². The first-order chi connectivity index (χ1) is 12.2.